The molecule has 0 aliphatic rings. The third-order valence-electron chi connectivity index (χ3n) is 2.39. The first-order chi connectivity index (χ1) is 7.88. The summed E-state index contributed by atoms with van der Waals surface area (Å²) in [7, 11) is 1.68. The molecule has 0 bridgehead atoms. The zero-order valence-corrected chi connectivity index (χ0v) is 9.18. The molecule has 0 unspecified atom stereocenters. The van der Waals surface area contributed by atoms with Crippen LogP contribution in [0.5, 0.6) is 5.75 Å². The summed E-state index contributed by atoms with van der Waals surface area (Å²) in [5, 5.41) is 13.8. The van der Waals surface area contributed by atoms with Crippen LogP contribution in [0, 0.1) is 0 Å². The zero-order chi connectivity index (χ0) is 11.2. The van der Waals surface area contributed by atoms with Crippen molar-refractivity contribution in [2.75, 3.05) is 7.11 Å². The van der Waals surface area contributed by atoms with Crippen LogP contribution in [0.15, 0.2) is 24.3 Å². The molecule has 16 heavy (non-hydrogen) atoms. The Hall–Kier alpha value is -1.91. The van der Waals surface area contributed by atoms with E-state index >= 15 is 0 Å². The van der Waals surface area contributed by atoms with E-state index in [4.69, 9.17) is 4.74 Å². The Bertz CT molecular complexity index is 427. The van der Waals surface area contributed by atoms with Crippen LogP contribution in [0.25, 0.3) is 0 Å². The largest absolute Gasteiger partial charge is 0.497 e. The Morgan fingerprint density at radius 1 is 1.31 bits per heavy atom. The zero-order valence-electron chi connectivity index (χ0n) is 9.18. The van der Waals surface area contributed by atoms with Gasteiger partial charge < -0.3 is 4.74 Å². The molecule has 0 aliphatic carbocycles. The fourth-order valence-corrected chi connectivity index (χ4v) is 1.57. The number of tetrazole rings is 1. The molecule has 1 heterocycles. The molecule has 2 aromatic rings. The van der Waals surface area contributed by atoms with E-state index < -0.39 is 0 Å². The first-order valence-corrected chi connectivity index (χ1v) is 5.24. The molecule has 2 rings (SSSR count). The molecule has 0 spiro atoms. The maximum atomic E-state index is 5.17. The summed E-state index contributed by atoms with van der Waals surface area (Å²) < 4.78 is 5.17. The Morgan fingerprint density at radius 2 is 2.25 bits per heavy atom. The molecular formula is C11H14N4O. The van der Waals surface area contributed by atoms with Crippen LogP contribution in [0.3, 0.4) is 0 Å². The minimum Gasteiger partial charge on any atom is -0.497 e. The van der Waals surface area contributed by atoms with E-state index in [0.29, 0.717) is 0 Å². The smallest absolute Gasteiger partial charge is 0.174 e. The van der Waals surface area contributed by atoms with E-state index in [9.17, 15) is 0 Å². The highest BCUT2D eigenvalue weighted by atomic mass is 16.5. The molecule has 5 heteroatoms. The predicted molar refractivity (Wildman–Crippen MR) is 59.2 cm³/mol. The van der Waals surface area contributed by atoms with Gasteiger partial charge in [0.1, 0.15) is 5.75 Å². The summed E-state index contributed by atoms with van der Waals surface area (Å²) in [4.78, 5) is 0. The SMILES string of the molecule is COc1cccc(CCCc2nn[nH]n2)c1. The van der Waals surface area contributed by atoms with E-state index in [2.05, 4.69) is 32.8 Å². The van der Waals surface area contributed by atoms with Crippen molar-refractivity contribution >= 4 is 0 Å². The third-order valence-corrected chi connectivity index (χ3v) is 2.39. The molecule has 0 saturated carbocycles. The monoisotopic (exact) mass is 218 g/mol. The summed E-state index contributed by atoms with van der Waals surface area (Å²) in [5.41, 5.74) is 1.27. The summed E-state index contributed by atoms with van der Waals surface area (Å²) in [6, 6.07) is 8.10. The van der Waals surface area contributed by atoms with E-state index in [1.165, 1.54) is 5.56 Å². The Balaban J connectivity index is 1.85. The second kappa shape index (κ2) is 5.25. The third kappa shape index (κ3) is 2.79. The van der Waals surface area contributed by atoms with Gasteiger partial charge in [0.25, 0.3) is 0 Å². The normalized spacial score (nSPS) is 10.3. The molecule has 0 aliphatic heterocycles. The number of nitrogens with zero attached hydrogens (tertiary/aromatic N) is 3. The van der Waals surface area contributed by atoms with E-state index in [0.717, 1.165) is 30.8 Å². The number of ether oxygens (including phenoxy) is 1. The van der Waals surface area contributed by atoms with Crippen LogP contribution in [-0.2, 0) is 12.8 Å². The van der Waals surface area contributed by atoms with E-state index in [1.54, 1.807) is 7.11 Å². The van der Waals surface area contributed by atoms with Gasteiger partial charge in [0.2, 0.25) is 0 Å². The van der Waals surface area contributed by atoms with Gasteiger partial charge in [-0.3, -0.25) is 0 Å². The lowest BCUT2D eigenvalue weighted by Crippen LogP contribution is -1.93. The molecule has 5 nitrogen and oxygen atoms in total. The number of hydrogen-bond acceptors (Lipinski definition) is 4. The second-order valence-electron chi connectivity index (χ2n) is 3.53. The van der Waals surface area contributed by atoms with E-state index in [1.807, 2.05) is 12.1 Å². The molecule has 0 saturated heterocycles. The number of nitrogens with one attached hydrogen (secondary N) is 1. The lowest BCUT2D eigenvalue weighted by molar-refractivity contribution is 0.414. The highest BCUT2D eigenvalue weighted by Gasteiger charge is 2.00. The van der Waals surface area contributed by atoms with Crippen molar-refractivity contribution in [2.24, 2.45) is 0 Å². The molecular weight excluding hydrogens is 204 g/mol. The van der Waals surface area contributed by atoms with Crippen LogP contribution >= 0.6 is 0 Å². The van der Waals surface area contributed by atoms with Gasteiger partial charge >= 0.3 is 0 Å². The number of aromatic nitrogens is 4. The number of methoxy groups -OCH3 is 1. The standard InChI is InChI=1S/C11H14N4O/c1-16-10-6-2-4-9(8-10)5-3-7-11-12-14-15-13-11/h2,4,6,8H,3,5,7H2,1H3,(H,12,13,14,15). The molecule has 0 radical (unpaired) electrons. The minimum atomic E-state index is 0.767. The van der Waals surface area contributed by atoms with Gasteiger partial charge in [0, 0.05) is 6.42 Å². The summed E-state index contributed by atoms with van der Waals surface area (Å²) >= 11 is 0. The van der Waals surface area contributed by atoms with Crippen molar-refractivity contribution in [1.82, 2.24) is 20.6 Å². The van der Waals surface area contributed by atoms with E-state index in [-0.39, 0.29) is 0 Å². The van der Waals surface area contributed by atoms with Gasteiger partial charge in [-0.1, -0.05) is 17.3 Å². The molecule has 1 N–H and O–H groups in total. The Labute approximate surface area is 93.8 Å². The summed E-state index contributed by atoms with van der Waals surface area (Å²) in [5.74, 6) is 1.67. The minimum absolute atomic E-state index is 0.767. The lowest BCUT2D eigenvalue weighted by atomic mass is 10.1. The quantitative estimate of drug-likeness (QED) is 0.823. The van der Waals surface area contributed by atoms with Gasteiger partial charge in [-0.25, -0.2) is 0 Å². The van der Waals surface area contributed by atoms with Gasteiger partial charge in [-0.05, 0) is 30.5 Å². The molecule has 1 aromatic carbocycles. The maximum absolute atomic E-state index is 5.17. The highest BCUT2D eigenvalue weighted by molar-refractivity contribution is 5.28. The van der Waals surface area contributed by atoms with Gasteiger partial charge in [0.05, 0.1) is 7.11 Å². The van der Waals surface area contributed by atoms with Crippen molar-refractivity contribution in [2.45, 2.75) is 19.3 Å². The number of benzene rings is 1. The first kappa shape index (κ1) is 10.6. The average molecular weight is 218 g/mol. The van der Waals surface area contributed by atoms with Crippen molar-refractivity contribution in [1.29, 1.82) is 0 Å². The summed E-state index contributed by atoms with van der Waals surface area (Å²) in [6.45, 7) is 0. The number of H-pyrrole nitrogens is 1. The van der Waals surface area contributed by atoms with Gasteiger partial charge in [0.15, 0.2) is 5.82 Å². The molecule has 0 atom stereocenters. The van der Waals surface area contributed by atoms with Crippen LogP contribution in [0.2, 0.25) is 0 Å². The van der Waals surface area contributed by atoms with Crippen molar-refractivity contribution in [3.05, 3.63) is 35.7 Å². The lowest BCUT2D eigenvalue weighted by Gasteiger charge is -2.03. The van der Waals surface area contributed by atoms with Crippen molar-refractivity contribution < 1.29 is 4.74 Å². The van der Waals surface area contributed by atoms with Crippen LogP contribution in [0.4, 0.5) is 0 Å². The van der Waals surface area contributed by atoms with Gasteiger partial charge in [-0.15, -0.1) is 10.2 Å². The Kier molecular flexibility index (Phi) is 3.48. The molecule has 0 fully saturated rings. The second-order valence-corrected chi connectivity index (χ2v) is 3.53. The number of rotatable bonds is 5. The highest BCUT2D eigenvalue weighted by Crippen LogP contribution is 2.14. The fraction of sp³-hybridized carbons (Fsp3) is 0.364. The number of aromatic amines is 1. The van der Waals surface area contributed by atoms with Crippen LogP contribution < -0.4 is 4.74 Å². The number of aryl methyl sites for hydroxylation is 2. The molecule has 84 valence electrons. The van der Waals surface area contributed by atoms with Crippen molar-refractivity contribution in [3.63, 3.8) is 0 Å². The molecule has 0 amide bonds. The fourth-order valence-electron chi connectivity index (χ4n) is 1.57. The van der Waals surface area contributed by atoms with Gasteiger partial charge in [-0.2, -0.15) is 5.21 Å². The number of hydrogen-bond donors (Lipinski definition) is 1. The average Bonchev–Trinajstić information content (AvgIpc) is 2.82. The first-order valence-electron chi connectivity index (χ1n) is 5.24. The Morgan fingerprint density at radius 3 is 3.00 bits per heavy atom. The summed E-state index contributed by atoms with van der Waals surface area (Å²) in [6.07, 6.45) is 2.84. The van der Waals surface area contributed by atoms with Crippen molar-refractivity contribution in [3.8, 4) is 5.75 Å². The van der Waals surface area contributed by atoms with Crippen LogP contribution in [-0.4, -0.2) is 27.7 Å². The predicted octanol–water partition coefficient (Wildman–Crippen LogP) is 1.38. The maximum Gasteiger partial charge on any atom is 0.174 e. The van der Waals surface area contributed by atoms with Crippen LogP contribution in [0.1, 0.15) is 17.8 Å². The molecule has 1 aromatic heterocycles. The topological polar surface area (TPSA) is 63.7 Å².